The Morgan fingerprint density at radius 1 is 1.10 bits per heavy atom. The van der Waals surface area contributed by atoms with Gasteiger partial charge in [-0.05, 0) is 25.0 Å². The van der Waals surface area contributed by atoms with Crippen molar-refractivity contribution in [3.05, 3.63) is 30.1 Å². The van der Waals surface area contributed by atoms with Crippen LogP contribution in [0.15, 0.2) is 24.5 Å². The molecular weight excluding hydrogens is 266 g/mol. The lowest BCUT2D eigenvalue weighted by Crippen LogP contribution is -2.17. The molecule has 2 N–H and O–H groups in total. The smallest absolute Gasteiger partial charge is 0.231 e. The molecule has 21 heavy (non-hydrogen) atoms. The zero-order valence-electron chi connectivity index (χ0n) is 12.7. The van der Waals surface area contributed by atoms with Crippen molar-refractivity contribution in [2.75, 3.05) is 42.7 Å². The second-order valence-electron chi connectivity index (χ2n) is 4.75. The maximum absolute atomic E-state index is 4.38. The van der Waals surface area contributed by atoms with Crippen molar-refractivity contribution < 1.29 is 0 Å². The summed E-state index contributed by atoms with van der Waals surface area (Å²) < 4.78 is 0. The van der Waals surface area contributed by atoms with E-state index in [1.807, 2.05) is 38.2 Å². The minimum absolute atomic E-state index is 0.577. The van der Waals surface area contributed by atoms with Gasteiger partial charge in [0, 0.05) is 39.6 Å². The van der Waals surface area contributed by atoms with Crippen molar-refractivity contribution in [1.82, 2.24) is 19.9 Å². The fraction of sp³-hybridized carbons (Fsp3) is 0.429. The molecule has 7 heteroatoms. The predicted molar refractivity (Wildman–Crippen MR) is 84.7 cm³/mol. The van der Waals surface area contributed by atoms with Gasteiger partial charge in [0.2, 0.25) is 17.8 Å². The monoisotopic (exact) mass is 287 g/mol. The Bertz CT molecular complexity index is 557. The molecule has 0 unspecified atom stereocenters. The number of anilines is 3. The van der Waals surface area contributed by atoms with E-state index in [4.69, 9.17) is 0 Å². The van der Waals surface area contributed by atoms with Crippen molar-refractivity contribution >= 4 is 17.8 Å². The zero-order chi connectivity index (χ0) is 15.1. The highest BCUT2D eigenvalue weighted by molar-refractivity contribution is 5.42. The molecule has 0 atom stereocenters. The normalized spacial score (nSPS) is 10.2. The quantitative estimate of drug-likeness (QED) is 0.797. The molecule has 0 aliphatic heterocycles. The van der Waals surface area contributed by atoms with Gasteiger partial charge in [-0.3, -0.25) is 4.98 Å². The molecule has 0 saturated heterocycles. The number of nitrogens with zero attached hydrogens (tertiary/aromatic N) is 5. The molecule has 7 nitrogen and oxygen atoms in total. The summed E-state index contributed by atoms with van der Waals surface area (Å²) in [6, 6.07) is 3.99. The molecule has 0 bridgehead atoms. The molecule has 2 aromatic heterocycles. The lowest BCUT2D eigenvalue weighted by atomic mass is 10.2. The molecule has 0 aromatic carbocycles. The SMILES string of the molecule is CCNc1nc(NCCc2cccnc2)nc(N(C)C)n1. The van der Waals surface area contributed by atoms with E-state index < -0.39 is 0 Å². The van der Waals surface area contributed by atoms with Crippen molar-refractivity contribution in [1.29, 1.82) is 0 Å². The van der Waals surface area contributed by atoms with Crippen LogP contribution in [0, 0.1) is 0 Å². The fourth-order valence-electron chi connectivity index (χ4n) is 1.75. The average Bonchev–Trinajstić information content (AvgIpc) is 2.48. The molecule has 2 rings (SSSR count). The van der Waals surface area contributed by atoms with E-state index in [-0.39, 0.29) is 0 Å². The highest BCUT2D eigenvalue weighted by Crippen LogP contribution is 2.11. The Kier molecular flexibility index (Phi) is 5.25. The molecular formula is C14H21N7. The third-order valence-electron chi connectivity index (χ3n) is 2.78. The molecule has 0 aliphatic carbocycles. The summed E-state index contributed by atoms with van der Waals surface area (Å²) in [6.45, 7) is 3.52. The van der Waals surface area contributed by atoms with Crippen LogP contribution in [0.3, 0.4) is 0 Å². The van der Waals surface area contributed by atoms with E-state index in [9.17, 15) is 0 Å². The van der Waals surface area contributed by atoms with Crippen LogP contribution in [0.25, 0.3) is 0 Å². The lowest BCUT2D eigenvalue weighted by Gasteiger charge is -2.13. The van der Waals surface area contributed by atoms with Crippen LogP contribution in [0.5, 0.6) is 0 Å². The Hall–Kier alpha value is -2.44. The molecule has 0 radical (unpaired) electrons. The highest BCUT2D eigenvalue weighted by Gasteiger charge is 2.07. The van der Waals surface area contributed by atoms with Crippen LogP contribution in [-0.4, -0.2) is 47.1 Å². The molecule has 0 saturated carbocycles. The van der Waals surface area contributed by atoms with E-state index >= 15 is 0 Å². The first kappa shape index (κ1) is 15.0. The third-order valence-corrected chi connectivity index (χ3v) is 2.78. The number of pyridine rings is 1. The maximum atomic E-state index is 4.38. The molecule has 0 fully saturated rings. The number of aromatic nitrogens is 4. The van der Waals surface area contributed by atoms with Crippen molar-refractivity contribution in [3.63, 3.8) is 0 Å². The van der Waals surface area contributed by atoms with E-state index in [1.54, 1.807) is 6.20 Å². The lowest BCUT2D eigenvalue weighted by molar-refractivity contribution is 0.922. The summed E-state index contributed by atoms with van der Waals surface area (Å²) >= 11 is 0. The number of hydrogen-bond acceptors (Lipinski definition) is 7. The Balaban J connectivity index is 2.01. The van der Waals surface area contributed by atoms with Gasteiger partial charge in [0.1, 0.15) is 0 Å². The van der Waals surface area contributed by atoms with E-state index in [2.05, 4.69) is 36.6 Å². The summed E-state index contributed by atoms with van der Waals surface area (Å²) in [7, 11) is 3.81. The predicted octanol–water partition coefficient (Wildman–Crippen LogP) is 1.42. The maximum Gasteiger partial charge on any atom is 0.231 e. The van der Waals surface area contributed by atoms with Gasteiger partial charge in [-0.15, -0.1) is 0 Å². The summed E-state index contributed by atoms with van der Waals surface area (Å²) in [6.07, 6.45) is 4.51. The molecule has 0 spiro atoms. The number of rotatable bonds is 7. The summed E-state index contributed by atoms with van der Waals surface area (Å²) in [5, 5.41) is 6.34. The van der Waals surface area contributed by atoms with Gasteiger partial charge in [0.05, 0.1) is 0 Å². The van der Waals surface area contributed by atoms with Gasteiger partial charge in [-0.2, -0.15) is 15.0 Å². The van der Waals surface area contributed by atoms with Gasteiger partial charge in [0.15, 0.2) is 0 Å². The Morgan fingerprint density at radius 3 is 2.48 bits per heavy atom. The van der Waals surface area contributed by atoms with Crippen LogP contribution < -0.4 is 15.5 Å². The Morgan fingerprint density at radius 2 is 1.86 bits per heavy atom. The second-order valence-corrected chi connectivity index (χ2v) is 4.75. The van der Waals surface area contributed by atoms with Crippen LogP contribution in [0.2, 0.25) is 0 Å². The second kappa shape index (κ2) is 7.37. The van der Waals surface area contributed by atoms with Crippen molar-refractivity contribution in [3.8, 4) is 0 Å². The van der Waals surface area contributed by atoms with Crippen molar-refractivity contribution in [2.45, 2.75) is 13.3 Å². The minimum atomic E-state index is 0.577. The van der Waals surface area contributed by atoms with Crippen LogP contribution in [0.4, 0.5) is 17.8 Å². The topological polar surface area (TPSA) is 78.9 Å². The summed E-state index contributed by atoms with van der Waals surface area (Å²) in [5.74, 6) is 1.79. The Labute approximate surface area is 124 Å². The molecule has 2 heterocycles. The van der Waals surface area contributed by atoms with Crippen LogP contribution in [-0.2, 0) is 6.42 Å². The zero-order valence-corrected chi connectivity index (χ0v) is 12.7. The van der Waals surface area contributed by atoms with Gasteiger partial charge < -0.3 is 15.5 Å². The third kappa shape index (κ3) is 4.55. The van der Waals surface area contributed by atoms with Gasteiger partial charge in [0.25, 0.3) is 0 Å². The molecule has 0 amide bonds. The van der Waals surface area contributed by atoms with Gasteiger partial charge in [-0.25, -0.2) is 0 Å². The molecule has 0 aliphatic rings. The first-order valence-electron chi connectivity index (χ1n) is 6.99. The standard InChI is InChI=1S/C14H21N7/c1-4-16-12-18-13(20-14(19-12)21(2)3)17-9-7-11-6-5-8-15-10-11/h5-6,8,10H,4,7,9H2,1-3H3,(H2,16,17,18,19,20). The van der Waals surface area contributed by atoms with Gasteiger partial charge in [-0.1, -0.05) is 6.07 Å². The van der Waals surface area contributed by atoms with E-state index in [1.165, 1.54) is 5.56 Å². The largest absolute Gasteiger partial charge is 0.354 e. The highest BCUT2D eigenvalue weighted by atomic mass is 15.3. The van der Waals surface area contributed by atoms with Gasteiger partial charge >= 0.3 is 0 Å². The number of nitrogens with one attached hydrogen (secondary N) is 2. The van der Waals surface area contributed by atoms with E-state index in [0.717, 1.165) is 19.5 Å². The summed E-state index contributed by atoms with van der Waals surface area (Å²) in [4.78, 5) is 19.0. The van der Waals surface area contributed by atoms with E-state index in [0.29, 0.717) is 17.8 Å². The van der Waals surface area contributed by atoms with Crippen LogP contribution >= 0.6 is 0 Å². The molecule has 2 aromatic rings. The fourth-order valence-corrected chi connectivity index (χ4v) is 1.75. The minimum Gasteiger partial charge on any atom is -0.354 e. The van der Waals surface area contributed by atoms with Crippen LogP contribution in [0.1, 0.15) is 12.5 Å². The number of hydrogen-bond donors (Lipinski definition) is 2. The van der Waals surface area contributed by atoms with Crippen molar-refractivity contribution in [2.24, 2.45) is 0 Å². The first-order chi connectivity index (χ1) is 10.2. The molecule has 112 valence electrons. The average molecular weight is 287 g/mol. The summed E-state index contributed by atoms with van der Waals surface area (Å²) in [5.41, 5.74) is 1.18. The first-order valence-corrected chi connectivity index (χ1v) is 6.99.